The van der Waals surface area contributed by atoms with Gasteiger partial charge < -0.3 is 14.9 Å². The van der Waals surface area contributed by atoms with Crippen LogP contribution >= 0.6 is 0 Å². The highest BCUT2D eigenvalue weighted by Gasteiger charge is 2.22. The van der Waals surface area contributed by atoms with Gasteiger partial charge in [-0.05, 0) is 24.6 Å². The number of aromatic nitrogens is 2. The molecule has 0 saturated carbocycles. The number of carbonyl (C=O) groups is 1. The molecular formula is C18H17N3O3. The highest BCUT2D eigenvalue weighted by atomic mass is 16.5. The van der Waals surface area contributed by atoms with Crippen LogP contribution in [0.2, 0.25) is 0 Å². The van der Waals surface area contributed by atoms with E-state index in [1.165, 1.54) is 0 Å². The standard InChI is InChI=1S/C18H17N3O3/c1-12(19-17(23)15(22)13-8-4-2-5-9-13)16-20-18(24-21-16)14-10-6-3-7-11-14/h2-12,15,22H,1H3,(H,19,23). The monoisotopic (exact) mass is 323 g/mol. The summed E-state index contributed by atoms with van der Waals surface area (Å²) in [6.45, 7) is 1.73. The van der Waals surface area contributed by atoms with Gasteiger partial charge in [-0.3, -0.25) is 4.79 Å². The zero-order valence-corrected chi connectivity index (χ0v) is 13.1. The van der Waals surface area contributed by atoms with Gasteiger partial charge in [-0.2, -0.15) is 4.98 Å². The molecule has 0 fully saturated rings. The van der Waals surface area contributed by atoms with E-state index in [-0.39, 0.29) is 0 Å². The highest BCUT2D eigenvalue weighted by Crippen LogP contribution is 2.19. The fourth-order valence-corrected chi connectivity index (χ4v) is 2.25. The zero-order valence-electron chi connectivity index (χ0n) is 13.1. The molecule has 2 aromatic carbocycles. The molecule has 0 aliphatic carbocycles. The zero-order chi connectivity index (χ0) is 16.9. The van der Waals surface area contributed by atoms with Crippen molar-refractivity contribution in [1.29, 1.82) is 0 Å². The van der Waals surface area contributed by atoms with E-state index in [2.05, 4.69) is 15.5 Å². The summed E-state index contributed by atoms with van der Waals surface area (Å²) < 4.78 is 5.22. The third kappa shape index (κ3) is 3.49. The fraction of sp³-hybridized carbons (Fsp3) is 0.167. The number of aliphatic hydroxyl groups excluding tert-OH is 1. The summed E-state index contributed by atoms with van der Waals surface area (Å²) in [6, 6.07) is 17.6. The van der Waals surface area contributed by atoms with E-state index in [0.29, 0.717) is 17.3 Å². The molecule has 1 aromatic heterocycles. The maximum Gasteiger partial charge on any atom is 0.257 e. The van der Waals surface area contributed by atoms with Gasteiger partial charge in [-0.15, -0.1) is 0 Å². The molecule has 1 heterocycles. The number of nitrogens with one attached hydrogen (secondary N) is 1. The van der Waals surface area contributed by atoms with Gasteiger partial charge in [0.05, 0.1) is 6.04 Å². The normalized spacial score (nSPS) is 13.2. The first-order chi connectivity index (χ1) is 11.6. The van der Waals surface area contributed by atoms with Crippen molar-refractivity contribution >= 4 is 5.91 Å². The van der Waals surface area contributed by atoms with Crippen LogP contribution in [0.25, 0.3) is 11.5 Å². The maximum absolute atomic E-state index is 12.2. The van der Waals surface area contributed by atoms with Crippen LogP contribution in [0, 0.1) is 0 Å². The second-order valence-corrected chi connectivity index (χ2v) is 5.37. The molecule has 2 unspecified atom stereocenters. The molecule has 0 bridgehead atoms. The molecule has 0 radical (unpaired) electrons. The van der Waals surface area contributed by atoms with Gasteiger partial charge in [-0.1, -0.05) is 53.7 Å². The van der Waals surface area contributed by atoms with Crippen LogP contribution in [-0.2, 0) is 4.79 Å². The van der Waals surface area contributed by atoms with Crippen molar-refractivity contribution < 1.29 is 14.4 Å². The third-order valence-corrected chi connectivity index (χ3v) is 3.57. The van der Waals surface area contributed by atoms with Crippen LogP contribution in [0.5, 0.6) is 0 Å². The van der Waals surface area contributed by atoms with E-state index >= 15 is 0 Å². The lowest BCUT2D eigenvalue weighted by atomic mass is 10.1. The lowest BCUT2D eigenvalue weighted by Crippen LogP contribution is -2.32. The average Bonchev–Trinajstić information content (AvgIpc) is 3.13. The number of rotatable bonds is 5. The molecule has 0 saturated heterocycles. The second kappa shape index (κ2) is 7.06. The SMILES string of the molecule is CC(NC(=O)C(O)c1ccccc1)c1noc(-c2ccccc2)n1. The summed E-state index contributed by atoms with van der Waals surface area (Å²) in [5.41, 5.74) is 1.33. The summed E-state index contributed by atoms with van der Waals surface area (Å²) in [7, 11) is 0. The Kier molecular flexibility index (Phi) is 4.67. The van der Waals surface area contributed by atoms with Gasteiger partial charge in [0, 0.05) is 5.56 Å². The molecule has 6 heteroatoms. The van der Waals surface area contributed by atoms with Crippen LogP contribution in [-0.4, -0.2) is 21.2 Å². The first-order valence-electron chi connectivity index (χ1n) is 7.57. The minimum atomic E-state index is -1.24. The highest BCUT2D eigenvalue weighted by molar-refractivity contribution is 5.82. The smallest absolute Gasteiger partial charge is 0.257 e. The van der Waals surface area contributed by atoms with Crippen LogP contribution in [0.4, 0.5) is 0 Å². The summed E-state index contributed by atoms with van der Waals surface area (Å²) in [4.78, 5) is 16.4. The number of carbonyl (C=O) groups excluding carboxylic acids is 1. The number of aliphatic hydroxyl groups is 1. The topological polar surface area (TPSA) is 88.2 Å². The Bertz CT molecular complexity index is 803. The van der Waals surface area contributed by atoms with Crippen molar-refractivity contribution in [2.75, 3.05) is 0 Å². The predicted molar refractivity (Wildman–Crippen MR) is 87.7 cm³/mol. The van der Waals surface area contributed by atoms with E-state index in [1.807, 2.05) is 36.4 Å². The largest absolute Gasteiger partial charge is 0.378 e. The molecule has 3 rings (SSSR count). The number of benzene rings is 2. The van der Waals surface area contributed by atoms with Gasteiger partial charge >= 0.3 is 0 Å². The number of hydrogen-bond donors (Lipinski definition) is 2. The molecule has 0 spiro atoms. The van der Waals surface area contributed by atoms with E-state index in [9.17, 15) is 9.90 Å². The Morgan fingerprint density at radius 1 is 1.08 bits per heavy atom. The molecule has 122 valence electrons. The Morgan fingerprint density at radius 2 is 1.71 bits per heavy atom. The summed E-state index contributed by atoms with van der Waals surface area (Å²) in [6.07, 6.45) is -1.24. The molecule has 0 aliphatic heterocycles. The van der Waals surface area contributed by atoms with Gasteiger partial charge in [0.2, 0.25) is 0 Å². The van der Waals surface area contributed by atoms with Crippen LogP contribution in [0.1, 0.15) is 30.5 Å². The summed E-state index contributed by atoms with van der Waals surface area (Å²) >= 11 is 0. The number of nitrogens with zero attached hydrogens (tertiary/aromatic N) is 2. The summed E-state index contributed by atoms with van der Waals surface area (Å²) in [5, 5.41) is 16.7. The van der Waals surface area contributed by atoms with Crippen LogP contribution in [0.15, 0.2) is 65.2 Å². The molecule has 3 aromatic rings. The van der Waals surface area contributed by atoms with Crippen molar-refractivity contribution in [3.05, 3.63) is 72.1 Å². The Hall–Kier alpha value is -2.99. The van der Waals surface area contributed by atoms with Gasteiger partial charge in [-0.25, -0.2) is 0 Å². The second-order valence-electron chi connectivity index (χ2n) is 5.37. The Morgan fingerprint density at radius 3 is 2.38 bits per heavy atom. The molecule has 2 N–H and O–H groups in total. The van der Waals surface area contributed by atoms with Crippen molar-refractivity contribution in [1.82, 2.24) is 15.5 Å². The van der Waals surface area contributed by atoms with Crippen LogP contribution < -0.4 is 5.32 Å². The fourth-order valence-electron chi connectivity index (χ4n) is 2.25. The van der Waals surface area contributed by atoms with Crippen molar-refractivity contribution in [3.63, 3.8) is 0 Å². The van der Waals surface area contributed by atoms with E-state index in [1.54, 1.807) is 31.2 Å². The summed E-state index contributed by atoms with van der Waals surface area (Å²) in [5.74, 6) is 0.220. The van der Waals surface area contributed by atoms with Gasteiger partial charge in [0.1, 0.15) is 0 Å². The van der Waals surface area contributed by atoms with Crippen molar-refractivity contribution in [3.8, 4) is 11.5 Å². The first-order valence-corrected chi connectivity index (χ1v) is 7.57. The van der Waals surface area contributed by atoms with Crippen molar-refractivity contribution in [2.45, 2.75) is 19.1 Å². The van der Waals surface area contributed by atoms with Crippen LogP contribution in [0.3, 0.4) is 0 Å². The first kappa shape index (κ1) is 15.9. The average molecular weight is 323 g/mol. The molecular weight excluding hydrogens is 306 g/mol. The Balaban J connectivity index is 1.68. The van der Waals surface area contributed by atoms with Gasteiger partial charge in [0.25, 0.3) is 11.8 Å². The maximum atomic E-state index is 12.2. The number of hydrogen-bond acceptors (Lipinski definition) is 5. The molecule has 0 aliphatic rings. The molecule has 1 amide bonds. The van der Waals surface area contributed by atoms with E-state index in [4.69, 9.17) is 4.52 Å². The molecule has 24 heavy (non-hydrogen) atoms. The number of amides is 1. The molecule has 2 atom stereocenters. The minimum absolute atomic E-state index is 0.350. The van der Waals surface area contributed by atoms with Gasteiger partial charge in [0.15, 0.2) is 11.9 Å². The van der Waals surface area contributed by atoms with E-state index in [0.717, 1.165) is 5.56 Å². The third-order valence-electron chi connectivity index (χ3n) is 3.57. The lowest BCUT2D eigenvalue weighted by Gasteiger charge is -2.14. The van der Waals surface area contributed by atoms with Crippen molar-refractivity contribution in [2.24, 2.45) is 0 Å². The predicted octanol–water partition coefficient (Wildman–Crippen LogP) is 2.65. The quantitative estimate of drug-likeness (QED) is 0.753. The van der Waals surface area contributed by atoms with E-state index < -0.39 is 18.1 Å². The Labute approximate surface area is 139 Å². The molecule has 6 nitrogen and oxygen atoms in total. The minimum Gasteiger partial charge on any atom is -0.378 e. The lowest BCUT2D eigenvalue weighted by molar-refractivity contribution is -0.130.